The first-order chi connectivity index (χ1) is 10.5. The fourth-order valence-corrected chi connectivity index (χ4v) is 4.01. The number of alkyl halides is 2. The van der Waals surface area contributed by atoms with Crippen molar-refractivity contribution in [3.05, 3.63) is 32.5 Å². The predicted octanol–water partition coefficient (Wildman–Crippen LogP) is 3.32. The standard InChI is InChI=1S/C15H14BrF2N3O/c1-7-2-10-12(11(16)3-7)19-15(21(13(10)22)14(17)18)20-5-8-4-9(8)6-20/h2-3,8-9,14H,4-6H2,1H3. The van der Waals surface area contributed by atoms with E-state index in [1.807, 2.05) is 17.9 Å². The summed E-state index contributed by atoms with van der Waals surface area (Å²) in [7, 11) is 0. The van der Waals surface area contributed by atoms with E-state index in [0.717, 1.165) is 12.0 Å². The Bertz CT molecular complexity index is 826. The summed E-state index contributed by atoms with van der Waals surface area (Å²) in [6.45, 7) is 0.339. The molecule has 2 fully saturated rings. The molecular formula is C15H14BrF2N3O. The predicted molar refractivity (Wildman–Crippen MR) is 83.5 cm³/mol. The average Bonchev–Trinajstić information content (AvgIpc) is 3.05. The third-order valence-electron chi connectivity index (χ3n) is 4.54. The highest BCUT2D eigenvalue weighted by molar-refractivity contribution is 9.10. The number of halogens is 3. The van der Waals surface area contributed by atoms with Crippen molar-refractivity contribution in [3.63, 3.8) is 0 Å². The molecule has 1 saturated carbocycles. The Morgan fingerprint density at radius 1 is 1.32 bits per heavy atom. The molecule has 7 heteroatoms. The van der Waals surface area contributed by atoms with Gasteiger partial charge in [0, 0.05) is 17.6 Å². The molecule has 0 spiro atoms. The summed E-state index contributed by atoms with van der Waals surface area (Å²) in [5.41, 5.74) is 0.595. The van der Waals surface area contributed by atoms with Gasteiger partial charge in [0.2, 0.25) is 5.95 Å². The Morgan fingerprint density at radius 3 is 2.64 bits per heavy atom. The van der Waals surface area contributed by atoms with Crippen molar-refractivity contribution < 1.29 is 8.78 Å². The van der Waals surface area contributed by atoms with Crippen molar-refractivity contribution in [2.24, 2.45) is 11.8 Å². The lowest BCUT2D eigenvalue weighted by atomic mass is 10.2. The summed E-state index contributed by atoms with van der Waals surface area (Å²) >= 11 is 3.39. The van der Waals surface area contributed by atoms with E-state index in [0.29, 0.717) is 39.5 Å². The van der Waals surface area contributed by atoms with Crippen LogP contribution < -0.4 is 10.5 Å². The van der Waals surface area contributed by atoms with Gasteiger partial charge in [0.25, 0.3) is 5.56 Å². The molecular weight excluding hydrogens is 356 g/mol. The van der Waals surface area contributed by atoms with E-state index in [4.69, 9.17) is 0 Å². The molecule has 2 aromatic rings. The van der Waals surface area contributed by atoms with Crippen LogP contribution in [0.5, 0.6) is 0 Å². The maximum absolute atomic E-state index is 13.5. The van der Waals surface area contributed by atoms with Gasteiger partial charge in [-0.1, -0.05) is 0 Å². The monoisotopic (exact) mass is 369 g/mol. The lowest BCUT2D eigenvalue weighted by Gasteiger charge is -2.23. The van der Waals surface area contributed by atoms with Gasteiger partial charge in [0.1, 0.15) is 0 Å². The molecule has 4 rings (SSSR count). The highest BCUT2D eigenvalue weighted by Crippen LogP contribution is 2.46. The van der Waals surface area contributed by atoms with Crippen LogP contribution >= 0.6 is 15.9 Å². The first-order valence-corrected chi connectivity index (χ1v) is 8.00. The van der Waals surface area contributed by atoms with Crippen LogP contribution in [0, 0.1) is 18.8 Å². The van der Waals surface area contributed by atoms with Crippen LogP contribution in [0.1, 0.15) is 18.5 Å². The summed E-state index contributed by atoms with van der Waals surface area (Å²) < 4.78 is 28.1. The number of nitrogens with zero attached hydrogens (tertiary/aromatic N) is 3. The van der Waals surface area contributed by atoms with E-state index in [1.54, 1.807) is 6.07 Å². The number of aryl methyl sites for hydroxylation is 1. The largest absolute Gasteiger partial charge is 0.341 e. The van der Waals surface area contributed by atoms with Crippen molar-refractivity contribution >= 4 is 32.8 Å². The van der Waals surface area contributed by atoms with E-state index in [2.05, 4.69) is 20.9 Å². The molecule has 116 valence electrons. The second kappa shape index (κ2) is 4.75. The van der Waals surface area contributed by atoms with Crippen LogP contribution in [0.4, 0.5) is 14.7 Å². The molecule has 2 atom stereocenters. The van der Waals surface area contributed by atoms with Crippen LogP contribution in [-0.4, -0.2) is 22.6 Å². The number of aromatic nitrogens is 2. The number of benzene rings is 1. The Labute approximate surface area is 133 Å². The Hall–Kier alpha value is -1.50. The van der Waals surface area contributed by atoms with E-state index < -0.39 is 12.1 Å². The average molecular weight is 370 g/mol. The van der Waals surface area contributed by atoms with Crippen LogP contribution in [-0.2, 0) is 0 Å². The summed E-state index contributed by atoms with van der Waals surface area (Å²) in [6.07, 6.45) is 1.16. The van der Waals surface area contributed by atoms with E-state index in [-0.39, 0.29) is 11.3 Å². The quantitative estimate of drug-likeness (QED) is 0.814. The van der Waals surface area contributed by atoms with Gasteiger partial charge in [-0.25, -0.2) is 9.55 Å². The lowest BCUT2D eigenvalue weighted by Crippen LogP contribution is -2.33. The molecule has 2 heterocycles. The first kappa shape index (κ1) is 14.1. The molecule has 1 aromatic carbocycles. The summed E-state index contributed by atoms with van der Waals surface area (Å²) in [6, 6.07) is 3.45. The first-order valence-electron chi connectivity index (χ1n) is 7.21. The van der Waals surface area contributed by atoms with Gasteiger partial charge in [0.15, 0.2) is 0 Å². The van der Waals surface area contributed by atoms with Crippen molar-refractivity contribution in [2.45, 2.75) is 19.9 Å². The van der Waals surface area contributed by atoms with E-state index >= 15 is 0 Å². The fraction of sp³-hybridized carbons (Fsp3) is 0.467. The number of anilines is 1. The van der Waals surface area contributed by atoms with Gasteiger partial charge < -0.3 is 4.90 Å². The normalized spacial score (nSPS) is 23.4. The second-order valence-corrected chi connectivity index (χ2v) is 7.02. The molecule has 1 aromatic heterocycles. The van der Waals surface area contributed by atoms with E-state index in [9.17, 15) is 13.6 Å². The van der Waals surface area contributed by atoms with Crippen LogP contribution in [0.25, 0.3) is 10.9 Å². The molecule has 4 nitrogen and oxygen atoms in total. The SMILES string of the molecule is Cc1cc(Br)c2nc(N3CC4CC4C3)n(C(F)F)c(=O)c2c1. The summed E-state index contributed by atoms with van der Waals surface area (Å²) in [5.74, 6) is 1.23. The van der Waals surface area contributed by atoms with E-state index in [1.165, 1.54) is 0 Å². The third-order valence-corrected chi connectivity index (χ3v) is 5.15. The molecule has 0 amide bonds. The molecule has 0 radical (unpaired) electrons. The Morgan fingerprint density at radius 2 is 2.00 bits per heavy atom. The molecule has 0 bridgehead atoms. The Kier molecular flexibility index (Phi) is 3.04. The fourth-order valence-electron chi connectivity index (χ4n) is 3.35. The van der Waals surface area contributed by atoms with Crippen LogP contribution in [0.2, 0.25) is 0 Å². The number of rotatable bonds is 2. The van der Waals surface area contributed by atoms with Crippen molar-refractivity contribution in [1.29, 1.82) is 0 Å². The number of hydrogen-bond donors (Lipinski definition) is 0. The zero-order chi connectivity index (χ0) is 15.6. The van der Waals surface area contributed by atoms with Crippen LogP contribution in [0.15, 0.2) is 21.4 Å². The molecule has 1 aliphatic heterocycles. The highest BCUT2D eigenvalue weighted by atomic mass is 79.9. The summed E-state index contributed by atoms with van der Waals surface area (Å²) in [4.78, 5) is 18.8. The van der Waals surface area contributed by atoms with Crippen molar-refractivity contribution in [2.75, 3.05) is 18.0 Å². The van der Waals surface area contributed by atoms with Crippen molar-refractivity contribution in [3.8, 4) is 0 Å². The molecule has 1 saturated heterocycles. The lowest BCUT2D eigenvalue weighted by molar-refractivity contribution is 0.0673. The van der Waals surface area contributed by atoms with Crippen LogP contribution in [0.3, 0.4) is 0 Å². The molecule has 22 heavy (non-hydrogen) atoms. The third kappa shape index (κ3) is 2.06. The minimum atomic E-state index is -2.89. The number of piperidine rings is 1. The zero-order valence-corrected chi connectivity index (χ0v) is 13.5. The molecule has 2 aliphatic rings. The Balaban J connectivity index is 1.98. The minimum Gasteiger partial charge on any atom is -0.341 e. The number of fused-ring (bicyclic) bond motifs is 2. The highest BCUT2D eigenvalue weighted by Gasteiger charge is 2.46. The van der Waals surface area contributed by atoms with Gasteiger partial charge in [-0.3, -0.25) is 4.79 Å². The van der Waals surface area contributed by atoms with Gasteiger partial charge >= 0.3 is 6.55 Å². The van der Waals surface area contributed by atoms with Gasteiger partial charge in [-0.2, -0.15) is 8.78 Å². The van der Waals surface area contributed by atoms with Gasteiger partial charge in [0.05, 0.1) is 10.9 Å². The molecule has 1 aliphatic carbocycles. The van der Waals surface area contributed by atoms with Gasteiger partial charge in [-0.05, 0) is 58.8 Å². The van der Waals surface area contributed by atoms with Crippen molar-refractivity contribution in [1.82, 2.24) is 9.55 Å². The molecule has 2 unspecified atom stereocenters. The van der Waals surface area contributed by atoms with Gasteiger partial charge in [-0.15, -0.1) is 0 Å². The minimum absolute atomic E-state index is 0.0873. The topological polar surface area (TPSA) is 38.1 Å². The second-order valence-electron chi connectivity index (χ2n) is 6.17. The molecule has 0 N–H and O–H groups in total. The number of hydrogen-bond acceptors (Lipinski definition) is 3. The smallest absolute Gasteiger partial charge is 0.324 e. The zero-order valence-electron chi connectivity index (χ0n) is 11.9. The maximum atomic E-state index is 13.5. The summed E-state index contributed by atoms with van der Waals surface area (Å²) in [5, 5.41) is 0.222. The maximum Gasteiger partial charge on any atom is 0.324 e.